The zero-order valence-electron chi connectivity index (χ0n) is 11.1. The zero-order valence-corrected chi connectivity index (χ0v) is 11.1. The number of nitrogens with zero attached hydrogens (tertiary/aromatic N) is 1. The molecular formula is C14H16F3N3. The van der Waals surface area contributed by atoms with Crippen molar-refractivity contribution in [1.82, 2.24) is 15.3 Å². The Bertz CT molecular complexity index is 532. The van der Waals surface area contributed by atoms with Gasteiger partial charge in [-0.15, -0.1) is 0 Å². The first-order valence-electron chi connectivity index (χ1n) is 6.48. The second kappa shape index (κ2) is 6.56. The van der Waals surface area contributed by atoms with E-state index < -0.39 is 17.5 Å². The van der Waals surface area contributed by atoms with Crippen LogP contribution in [-0.2, 0) is 6.42 Å². The Hall–Kier alpha value is -1.82. The van der Waals surface area contributed by atoms with E-state index in [-0.39, 0.29) is 6.04 Å². The summed E-state index contributed by atoms with van der Waals surface area (Å²) in [7, 11) is 0. The van der Waals surface area contributed by atoms with Gasteiger partial charge >= 0.3 is 0 Å². The first-order valence-corrected chi connectivity index (χ1v) is 6.48. The molecular weight excluding hydrogens is 267 g/mol. The van der Waals surface area contributed by atoms with Gasteiger partial charge in [-0.1, -0.05) is 6.92 Å². The van der Waals surface area contributed by atoms with Gasteiger partial charge in [-0.3, -0.25) is 0 Å². The molecule has 1 aromatic heterocycles. The molecule has 0 bridgehead atoms. The van der Waals surface area contributed by atoms with Crippen LogP contribution in [0.3, 0.4) is 0 Å². The highest BCUT2D eigenvalue weighted by Gasteiger charge is 2.18. The quantitative estimate of drug-likeness (QED) is 0.800. The number of imidazole rings is 1. The number of halogens is 3. The number of rotatable bonds is 6. The molecule has 1 aromatic carbocycles. The summed E-state index contributed by atoms with van der Waals surface area (Å²) in [6.07, 6.45) is 4.61. The fraction of sp³-hybridized carbons (Fsp3) is 0.357. The number of nitrogens with one attached hydrogen (secondary N) is 2. The van der Waals surface area contributed by atoms with Gasteiger partial charge in [0, 0.05) is 24.9 Å². The van der Waals surface area contributed by atoms with Gasteiger partial charge in [0.15, 0.2) is 17.5 Å². The molecule has 0 aliphatic rings. The Balaban J connectivity index is 2.25. The zero-order chi connectivity index (χ0) is 14.5. The summed E-state index contributed by atoms with van der Waals surface area (Å²) in [5.74, 6) is -3.10. The van der Waals surface area contributed by atoms with Crippen LogP contribution in [0.4, 0.5) is 13.2 Å². The van der Waals surface area contributed by atoms with Crippen LogP contribution < -0.4 is 5.32 Å². The van der Waals surface area contributed by atoms with Gasteiger partial charge in [-0.05, 0) is 30.7 Å². The van der Waals surface area contributed by atoms with Gasteiger partial charge < -0.3 is 10.3 Å². The summed E-state index contributed by atoms with van der Waals surface area (Å²) < 4.78 is 39.7. The van der Waals surface area contributed by atoms with E-state index in [1.807, 2.05) is 6.92 Å². The molecule has 0 radical (unpaired) electrons. The molecule has 1 unspecified atom stereocenters. The highest BCUT2D eigenvalue weighted by atomic mass is 19.2. The second-order valence-corrected chi connectivity index (χ2v) is 4.55. The lowest BCUT2D eigenvalue weighted by atomic mass is 10.0. The molecule has 1 heterocycles. The molecule has 0 aliphatic heterocycles. The smallest absolute Gasteiger partial charge is 0.194 e. The minimum atomic E-state index is -1.44. The topological polar surface area (TPSA) is 40.7 Å². The number of aromatic nitrogens is 2. The fourth-order valence-electron chi connectivity index (χ4n) is 2.01. The minimum absolute atomic E-state index is 0.328. The lowest BCUT2D eigenvalue weighted by Gasteiger charge is -2.18. The Morgan fingerprint density at radius 1 is 1.25 bits per heavy atom. The predicted octanol–water partition coefficient (Wildman–Crippen LogP) is 3.11. The molecule has 0 saturated carbocycles. The van der Waals surface area contributed by atoms with Crippen molar-refractivity contribution in [2.75, 3.05) is 6.54 Å². The SMILES string of the molecule is CCCNC(Cc1ncc[nH]1)c1cc(F)c(F)c(F)c1. The first-order chi connectivity index (χ1) is 9.61. The third-order valence-electron chi connectivity index (χ3n) is 3.00. The van der Waals surface area contributed by atoms with E-state index in [1.54, 1.807) is 12.4 Å². The maximum atomic E-state index is 13.3. The van der Waals surface area contributed by atoms with Crippen molar-refractivity contribution in [2.45, 2.75) is 25.8 Å². The summed E-state index contributed by atoms with van der Waals surface area (Å²) in [4.78, 5) is 7.04. The molecule has 0 spiro atoms. The van der Waals surface area contributed by atoms with E-state index in [4.69, 9.17) is 0 Å². The van der Waals surface area contributed by atoms with Crippen LogP contribution in [-0.4, -0.2) is 16.5 Å². The van der Waals surface area contributed by atoms with E-state index >= 15 is 0 Å². The maximum absolute atomic E-state index is 13.3. The average Bonchev–Trinajstić information content (AvgIpc) is 2.93. The number of H-pyrrole nitrogens is 1. The Labute approximate surface area is 115 Å². The van der Waals surface area contributed by atoms with Gasteiger partial charge in [0.2, 0.25) is 0 Å². The molecule has 6 heteroatoms. The van der Waals surface area contributed by atoms with Crippen molar-refractivity contribution < 1.29 is 13.2 Å². The minimum Gasteiger partial charge on any atom is -0.349 e. The predicted molar refractivity (Wildman–Crippen MR) is 69.6 cm³/mol. The van der Waals surface area contributed by atoms with E-state index in [1.165, 1.54) is 0 Å². The van der Waals surface area contributed by atoms with Crippen LogP contribution in [0.1, 0.15) is 30.8 Å². The normalized spacial score (nSPS) is 12.6. The Kier molecular flexibility index (Phi) is 4.79. The summed E-state index contributed by atoms with van der Waals surface area (Å²) in [5, 5.41) is 3.18. The molecule has 0 fully saturated rings. The lowest BCUT2D eigenvalue weighted by Crippen LogP contribution is -2.25. The largest absolute Gasteiger partial charge is 0.349 e. The lowest BCUT2D eigenvalue weighted by molar-refractivity contribution is 0.438. The number of aromatic amines is 1. The van der Waals surface area contributed by atoms with Crippen LogP contribution in [0.25, 0.3) is 0 Å². The maximum Gasteiger partial charge on any atom is 0.194 e. The van der Waals surface area contributed by atoms with E-state index in [9.17, 15) is 13.2 Å². The molecule has 0 amide bonds. The molecule has 3 nitrogen and oxygen atoms in total. The van der Waals surface area contributed by atoms with E-state index in [2.05, 4.69) is 15.3 Å². The molecule has 0 aliphatic carbocycles. The first kappa shape index (κ1) is 14.6. The van der Waals surface area contributed by atoms with Crippen LogP contribution in [0.5, 0.6) is 0 Å². The van der Waals surface area contributed by atoms with Crippen molar-refractivity contribution in [3.8, 4) is 0 Å². The molecule has 108 valence electrons. The van der Waals surface area contributed by atoms with Crippen molar-refractivity contribution in [3.05, 3.63) is 53.4 Å². The summed E-state index contributed by atoms with van der Waals surface area (Å²) >= 11 is 0. The molecule has 2 rings (SSSR count). The number of hydrogen-bond acceptors (Lipinski definition) is 2. The van der Waals surface area contributed by atoms with Gasteiger partial charge in [-0.2, -0.15) is 0 Å². The van der Waals surface area contributed by atoms with Crippen LogP contribution in [0.2, 0.25) is 0 Å². The summed E-state index contributed by atoms with van der Waals surface area (Å²) in [5.41, 5.74) is 0.367. The third-order valence-corrected chi connectivity index (χ3v) is 3.00. The van der Waals surface area contributed by atoms with Crippen molar-refractivity contribution >= 4 is 0 Å². The number of hydrogen-bond donors (Lipinski definition) is 2. The fourth-order valence-corrected chi connectivity index (χ4v) is 2.01. The van der Waals surface area contributed by atoms with E-state index in [0.717, 1.165) is 18.6 Å². The van der Waals surface area contributed by atoms with Crippen molar-refractivity contribution in [1.29, 1.82) is 0 Å². The van der Waals surface area contributed by atoms with Crippen LogP contribution >= 0.6 is 0 Å². The van der Waals surface area contributed by atoms with Crippen LogP contribution in [0.15, 0.2) is 24.5 Å². The summed E-state index contributed by atoms with van der Waals surface area (Å²) in [6, 6.07) is 1.72. The van der Waals surface area contributed by atoms with Gasteiger partial charge in [-0.25, -0.2) is 18.2 Å². The second-order valence-electron chi connectivity index (χ2n) is 4.55. The number of benzene rings is 1. The summed E-state index contributed by atoms with van der Waals surface area (Å²) in [6.45, 7) is 2.68. The molecule has 2 aromatic rings. The van der Waals surface area contributed by atoms with Crippen molar-refractivity contribution in [2.24, 2.45) is 0 Å². The Morgan fingerprint density at radius 2 is 1.95 bits per heavy atom. The molecule has 1 atom stereocenters. The third kappa shape index (κ3) is 3.39. The highest BCUT2D eigenvalue weighted by molar-refractivity contribution is 5.23. The average molecular weight is 283 g/mol. The molecule has 20 heavy (non-hydrogen) atoms. The molecule has 2 N–H and O–H groups in total. The van der Waals surface area contributed by atoms with Crippen LogP contribution in [0, 0.1) is 17.5 Å². The Morgan fingerprint density at radius 3 is 2.50 bits per heavy atom. The highest BCUT2D eigenvalue weighted by Crippen LogP contribution is 2.21. The standard InChI is InChI=1S/C14H16F3N3/c1-2-3-18-12(8-13-19-4-5-20-13)9-6-10(15)14(17)11(16)7-9/h4-7,12,18H,2-3,8H2,1H3,(H,19,20). The van der Waals surface area contributed by atoms with E-state index in [0.29, 0.717) is 24.4 Å². The van der Waals surface area contributed by atoms with Crippen molar-refractivity contribution in [3.63, 3.8) is 0 Å². The van der Waals surface area contributed by atoms with Gasteiger partial charge in [0.05, 0.1) is 0 Å². The van der Waals surface area contributed by atoms with Gasteiger partial charge in [0.1, 0.15) is 5.82 Å². The monoisotopic (exact) mass is 283 g/mol. The molecule has 0 saturated heterocycles. The van der Waals surface area contributed by atoms with Gasteiger partial charge in [0.25, 0.3) is 0 Å².